The summed E-state index contributed by atoms with van der Waals surface area (Å²) in [5, 5.41) is 1.01. The van der Waals surface area contributed by atoms with Gasteiger partial charge in [-0.2, -0.15) is 11.8 Å². The number of rotatable bonds is 7. The van der Waals surface area contributed by atoms with Crippen LogP contribution >= 0.6 is 11.8 Å². The average molecular weight is 240 g/mol. The van der Waals surface area contributed by atoms with Gasteiger partial charge in [0.15, 0.2) is 0 Å². The zero-order chi connectivity index (χ0) is 11.4. The van der Waals surface area contributed by atoms with E-state index in [2.05, 4.69) is 24.9 Å². The molecule has 0 radical (unpaired) electrons. The van der Waals surface area contributed by atoms with Gasteiger partial charge in [0.25, 0.3) is 0 Å². The fourth-order valence-corrected chi connectivity index (χ4v) is 4.34. The van der Waals surface area contributed by atoms with E-state index in [1.165, 1.54) is 38.5 Å². The molecule has 0 aromatic carbocycles. The molecule has 1 unspecified atom stereocenters. The molecule has 0 amide bonds. The maximum absolute atomic E-state index is 2.34. The van der Waals surface area contributed by atoms with Crippen LogP contribution in [0.4, 0.5) is 0 Å². The highest BCUT2D eigenvalue weighted by Gasteiger charge is 2.34. The van der Waals surface area contributed by atoms with Crippen molar-refractivity contribution in [3.05, 3.63) is 0 Å². The highest BCUT2D eigenvalue weighted by atomic mass is 32.2. The zero-order valence-electron chi connectivity index (χ0n) is 11.1. The maximum Gasteiger partial charge on any atom is 0.00495 e. The topological polar surface area (TPSA) is 0 Å². The summed E-state index contributed by atoms with van der Waals surface area (Å²) < 4.78 is 0. The lowest BCUT2D eigenvalue weighted by molar-refractivity contribution is 0.138. The van der Waals surface area contributed by atoms with E-state index >= 15 is 0 Å². The molecule has 94 valence electrons. The normalized spacial score (nSPS) is 31.9. The van der Waals surface area contributed by atoms with Crippen LogP contribution in [0.1, 0.15) is 64.7 Å². The van der Waals surface area contributed by atoms with Crippen LogP contribution in [-0.4, -0.2) is 11.5 Å². The predicted octanol–water partition coefficient (Wildman–Crippen LogP) is 5.12. The van der Waals surface area contributed by atoms with Gasteiger partial charge in [-0.3, -0.25) is 0 Å². The van der Waals surface area contributed by atoms with Crippen LogP contribution in [0, 0.1) is 17.8 Å². The predicted molar refractivity (Wildman–Crippen MR) is 75.0 cm³/mol. The van der Waals surface area contributed by atoms with E-state index in [0.717, 1.165) is 23.0 Å². The summed E-state index contributed by atoms with van der Waals surface area (Å²) in [5.74, 6) is 3.32. The fourth-order valence-electron chi connectivity index (χ4n) is 3.41. The first-order valence-electron chi connectivity index (χ1n) is 7.36. The third kappa shape index (κ3) is 3.18. The van der Waals surface area contributed by atoms with E-state index in [9.17, 15) is 0 Å². The van der Waals surface area contributed by atoms with Gasteiger partial charge in [0.05, 0.1) is 0 Å². The van der Waals surface area contributed by atoms with Crippen molar-refractivity contribution in [1.82, 2.24) is 0 Å². The van der Waals surface area contributed by atoms with Crippen molar-refractivity contribution < 1.29 is 0 Å². The van der Waals surface area contributed by atoms with Gasteiger partial charge >= 0.3 is 0 Å². The van der Waals surface area contributed by atoms with Gasteiger partial charge in [0, 0.05) is 5.25 Å². The summed E-state index contributed by atoms with van der Waals surface area (Å²) in [7, 11) is 0. The minimum atomic E-state index is 1.01. The quantitative estimate of drug-likeness (QED) is 0.595. The number of hydrogen-bond acceptors (Lipinski definition) is 1. The summed E-state index contributed by atoms with van der Waals surface area (Å²) in [5.41, 5.74) is 0. The highest BCUT2D eigenvalue weighted by molar-refractivity contribution is 7.99. The molecular formula is C15H28S. The van der Waals surface area contributed by atoms with Gasteiger partial charge in [-0.15, -0.1) is 0 Å². The molecule has 16 heavy (non-hydrogen) atoms. The Balaban J connectivity index is 1.69. The van der Waals surface area contributed by atoms with Crippen molar-refractivity contribution in [2.75, 3.05) is 6.26 Å². The lowest BCUT2D eigenvalue weighted by Gasteiger charge is -2.41. The molecule has 0 bridgehead atoms. The molecule has 0 aromatic rings. The van der Waals surface area contributed by atoms with Crippen LogP contribution in [0.15, 0.2) is 0 Å². The minimum absolute atomic E-state index is 1.01. The Morgan fingerprint density at radius 2 is 2.00 bits per heavy atom. The molecule has 2 rings (SSSR count). The number of thioether (sulfide) groups is 1. The van der Waals surface area contributed by atoms with Crippen LogP contribution in [0.2, 0.25) is 0 Å². The summed E-state index contributed by atoms with van der Waals surface area (Å²) in [6.07, 6.45) is 15.9. The molecule has 0 N–H and O–H groups in total. The first kappa shape index (κ1) is 12.8. The Morgan fingerprint density at radius 3 is 2.50 bits per heavy atom. The Bertz CT molecular complexity index is 192. The first-order chi connectivity index (χ1) is 7.83. The summed E-state index contributed by atoms with van der Waals surface area (Å²) >= 11 is 2.09. The fraction of sp³-hybridized carbons (Fsp3) is 1.00. The largest absolute Gasteiger partial charge is 0.162 e. The van der Waals surface area contributed by atoms with E-state index in [1.807, 2.05) is 0 Å². The van der Waals surface area contributed by atoms with Crippen molar-refractivity contribution in [2.45, 2.75) is 70.0 Å². The lowest BCUT2D eigenvalue weighted by atomic mass is 9.68. The molecule has 0 aliphatic heterocycles. The molecular weight excluding hydrogens is 212 g/mol. The van der Waals surface area contributed by atoms with Crippen LogP contribution < -0.4 is 0 Å². The second kappa shape index (κ2) is 6.33. The Morgan fingerprint density at radius 1 is 1.25 bits per heavy atom. The SMILES string of the molecule is CCCCC(CC1CC(SC)C1)C1CCC1. The third-order valence-corrected chi connectivity index (χ3v) is 5.96. The standard InChI is InChI=1S/C15H28S/c1-3-4-6-14(13-7-5-8-13)9-12-10-15(11-12)16-2/h12-15H,3-11H2,1-2H3. The minimum Gasteiger partial charge on any atom is -0.162 e. The van der Waals surface area contributed by atoms with Crippen molar-refractivity contribution >= 4 is 11.8 Å². The summed E-state index contributed by atoms with van der Waals surface area (Å²) in [6.45, 7) is 2.34. The van der Waals surface area contributed by atoms with E-state index in [4.69, 9.17) is 0 Å². The summed E-state index contributed by atoms with van der Waals surface area (Å²) in [6, 6.07) is 0. The van der Waals surface area contributed by atoms with E-state index < -0.39 is 0 Å². The van der Waals surface area contributed by atoms with Crippen LogP contribution in [0.5, 0.6) is 0 Å². The second-order valence-electron chi connectivity index (χ2n) is 6.02. The van der Waals surface area contributed by atoms with Crippen LogP contribution in [0.3, 0.4) is 0 Å². The molecule has 0 nitrogen and oxygen atoms in total. The van der Waals surface area contributed by atoms with E-state index in [0.29, 0.717) is 0 Å². The lowest BCUT2D eigenvalue weighted by Crippen LogP contribution is -2.31. The maximum atomic E-state index is 2.34. The number of hydrogen-bond donors (Lipinski definition) is 0. The van der Waals surface area contributed by atoms with Gasteiger partial charge in [-0.05, 0) is 43.3 Å². The van der Waals surface area contributed by atoms with Crippen LogP contribution in [-0.2, 0) is 0 Å². The smallest absolute Gasteiger partial charge is 0.00495 e. The molecule has 1 atom stereocenters. The second-order valence-corrected chi connectivity index (χ2v) is 7.16. The van der Waals surface area contributed by atoms with Gasteiger partial charge < -0.3 is 0 Å². The molecule has 2 aliphatic rings. The molecule has 0 aromatic heterocycles. The zero-order valence-corrected chi connectivity index (χ0v) is 11.9. The van der Waals surface area contributed by atoms with Crippen molar-refractivity contribution in [3.8, 4) is 0 Å². The molecule has 0 spiro atoms. The van der Waals surface area contributed by atoms with Gasteiger partial charge in [-0.1, -0.05) is 45.4 Å². The van der Waals surface area contributed by atoms with Crippen molar-refractivity contribution in [2.24, 2.45) is 17.8 Å². The van der Waals surface area contributed by atoms with Gasteiger partial charge in [0.2, 0.25) is 0 Å². The Kier molecular flexibility index (Phi) is 5.06. The molecule has 0 saturated heterocycles. The third-order valence-electron chi connectivity index (χ3n) is 4.91. The van der Waals surface area contributed by atoms with E-state index in [-0.39, 0.29) is 0 Å². The van der Waals surface area contributed by atoms with Crippen molar-refractivity contribution in [1.29, 1.82) is 0 Å². The molecule has 0 heterocycles. The van der Waals surface area contributed by atoms with Gasteiger partial charge in [-0.25, -0.2) is 0 Å². The first-order valence-corrected chi connectivity index (χ1v) is 8.65. The molecule has 1 heteroatoms. The van der Waals surface area contributed by atoms with Gasteiger partial charge in [0.1, 0.15) is 0 Å². The number of unbranched alkanes of at least 4 members (excludes halogenated alkanes) is 1. The Hall–Kier alpha value is 0.350. The highest BCUT2D eigenvalue weighted by Crippen LogP contribution is 2.45. The molecule has 2 fully saturated rings. The van der Waals surface area contributed by atoms with E-state index in [1.54, 1.807) is 19.3 Å². The van der Waals surface area contributed by atoms with Crippen LogP contribution in [0.25, 0.3) is 0 Å². The summed E-state index contributed by atoms with van der Waals surface area (Å²) in [4.78, 5) is 0. The van der Waals surface area contributed by atoms with Crippen molar-refractivity contribution in [3.63, 3.8) is 0 Å². The average Bonchev–Trinajstić information content (AvgIpc) is 2.15. The molecule has 2 saturated carbocycles. The Labute approximate surface area is 106 Å². The monoisotopic (exact) mass is 240 g/mol. The molecule has 2 aliphatic carbocycles.